The van der Waals surface area contributed by atoms with E-state index < -0.39 is 0 Å². The van der Waals surface area contributed by atoms with E-state index in [9.17, 15) is 5.11 Å². The molecule has 7 saturated carbocycles. The monoisotopic (exact) mass is 556 g/mol. The topological polar surface area (TPSA) is 20.2 Å². The minimum Gasteiger partial charge on any atom is -0.393 e. The van der Waals surface area contributed by atoms with Gasteiger partial charge in [0, 0.05) is 5.41 Å². The van der Waals surface area contributed by atoms with Crippen LogP contribution < -0.4 is 0 Å². The smallest absolute Gasteiger partial charge is 0.0596 e. The lowest BCUT2D eigenvalue weighted by molar-refractivity contribution is -0.184. The molecule has 8 aliphatic rings. The van der Waals surface area contributed by atoms with Crippen LogP contribution in [0.2, 0.25) is 0 Å². The van der Waals surface area contributed by atoms with Crippen LogP contribution in [-0.4, -0.2) is 11.2 Å². The summed E-state index contributed by atoms with van der Waals surface area (Å²) >= 11 is 0. The van der Waals surface area contributed by atoms with Crippen LogP contribution >= 0.6 is 0 Å². The summed E-state index contributed by atoms with van der Waals surface area (Å²) in [6.45, 7) is 10.7. The maximum Gasteiger partial charge on any atom is 0.0596 e. The fourth-order valence-corrected chi connectivity index (χ4v) is 15.8. The first kappa shape index (κ1) is 27.8. The first-order valence-corrected chi connectivity index (χ1v) is 18.5. The highest BCUT2D eigenvalue weighted by Gasteiger charge is 2.71. The second-order valence-electron chi connectivity index (χ2n) is 18.2. The molecule has 0 heterocycles. The summed E-state index contributed by atoms with van der Waals surface area (Å²) in [5.74, 6) is 10.3. The van der Waals surface area contributed by atoms with Crippen LogP contribution in [0.4, 0.5) is 0 Å². The number of aliphatic hydroxyl groups is 1. The highest BCUT2D eigenvalue weighted by Crippen LogP contribution is 2.77. The first-order valence-electron chi connectivity index (χ1n) is 18.5. The van der Waals surface area contributed by atoms with E-state index in [-0.39, 0.29) is 16.9 Å². The predicted octanol–water partition coefficient (Wildman–Crippen LogP) is 9.98. The highest BCUT2D eigenvalue weighted by molar-refractivity contribution is 5.30. The van der Waals surface area contributed by atoms with E-state index in [1.807, 2.05) is 5.57 Å². The van der Waals surface area contributed by atoms with Crippen molar-refractivity contribution in [1.29, 1.82) is 0 Å². The molecule has 7 fully saturated rings. The number of allylic oxidation sites excluding steroid dienone is 2. The zero-order valence-electron chi connectivity index (χ0n) is 27.0. The Labute approximate surface area is 252 Å². The molecule has 41 heavy (non-hydrogen) atoms. The van der Waals surface area contributed by atoms with Crippen LogP contribution in [0.1, 0.15) is 143 Å². The van der Waals surface area contributed by atoms with Gasteiger partial charge >= 0.3 is 0 Å². The molecule has 1 N–H and O–H groups in total. The van der Waals surface area contributed by atoms with Crippen LogP contribution in [0.3, 0.4) is 0 Å². The second kappa shape index (κ2) is 9.15. The maximum atomic E-state index is 11.1. The average Bonchev–Trinajstić information content (AvgIpc) is 3.45. The summed E-state index contributed by atoms with van der Waals surface area (Å²) in [4.78, 5) is 0. The van der Waals surface area contributed by atoms with Gasteiger partial charge in [-0.15, -0.1) is 6.42 Å². The highest BCUT2D eigenvalue weighted by atomic mass is 16.3. The summed E-state index contributed by atoms with van der Waals surface area (Å²) < 4.78 is 0. The molecule has 0 bridgehead atoms. The molecule has 4 unspecified atom stereocenters. The molecule has 1 nitrogen and oxygen atoms in total. The maximum absolute atomic E-state index is 11.1. The molecule has 0 radical (unpaired) electrons. The molecular weight excluding hydrogens is 496 g/mol. The summed E-state index contributed by atoms with van der Waals surface area (Å²) in [5, 5.41) is 11.1. The van der Waals surface area contributed by atoms with Gasteiger partial charge in [0.2, 0.25) is 0 Å². The Morgan fingerprint density at radius 3 is 2.37 bits per heavy atom. The van der Waals surface area contributed by atoms with E-state index in [0.29, 0.717) is 22.2 Å². The van der Waals surface area contributed by atoms with Crippen LogP contribution in [0.25, 0.3) is 0 Å². The number of hydrogen-bond acceptors (Lipinski definition) is 1. The van der Waals surface area contributed by atoms with Crippen LogP contribution in [-0.2, 0) is 0 Å². The Kier molecular flexibility index (Phi) is 6.20. The van der Waals surface area contributed by atoms with Gasteiger partial charge in [-0.2, -0.15) is 0 Å². The molecule has 0 spiro atoms. The van der Waals surface area contributed by atoms with Crippen molar-refractivity contribution < 1.29 is 5.11 Å². The quantitative estimate of drug-likeness (QED) is 0.252. The van der Waals surface area contributed by atoms with Crippen LogP contribution in [0, 0.1) is 86.8 Å². The van der Waals surface area contributed by atoms with Gasteiger partial charge in [-0.3, -0.25) is 0 Å². The molecule has 1 heteroatoms. The third-order valence-electron chi connectivity index (χ3n) is 17.8. The lowest BCUT2D eigenvalue weighted by Crippen LogP contribution is -2.62. The number of rotatable bonds is 1. The van der Waals surface area contributed by atoms with Gasteiger partial charge < -0.3 is 5.11 Å². The van der Waals surface area contributed by atoms with Crippen molar-refractivity contribution in [3.63, 3.8) is 0 Å². The first-order chi connectivity index (χ1) is 19.6. The summed E-state index contributed by atoms with van der Waals surface area (Å²) in [7, 11) is 0. The minimum absolute atomic E-state index is 0.0704. The molecule has 0 aromatic heterocycles. The lowest BCUT2D eigenvalue weighted by atomic mass is 9.37. The molecular formula is C40H60O. The average molecular weight is 557 g/mol. The predicted molar refractivity (Wildman–Crippen MR) is 169 cm³/mol. The standard InChI is InChI=1S/C40H60O/c1-6-40(25-21-32-28-15-13-26-10-7-8-22-36(26,2)31(28)20-24-38(32,40)4)34-12-9-11-27-14-16-29-30-17-18-35(41)37(30,3)23-19-33(29)39(27,34)5/h1,13,27-35,41H,7-12,14-25H2,2-5H3/t27?,28-,29+,30+,31-,32+,33-,34?,35?,36+,37+,38+,39+,40?/m1/s1. The van der Waals surface area contributed by atoms with Crippen molar-refractivity contribution in [2.24, 2.45) is 74.4 Å². The Morgan fingerprint density at radius 1 is 0.732 bits per heavy atom. The minimum atomic E-state index is -0.0704. The van der Waals surface area contributed by atoms with Crippen molar-refractivity contribution in [2.45, 2.75) is 149 Å². The SMILES string of the molecule is C#CC1(C2CCCC3CC[C@@H]4[C@@H](CC[C@]5(C)C(O)CC[C@@H]45)[C@]32C)CC[C@H]2[C@@H]3CC=C4CCCC[C@]4(C)[C@@H]3CC[C@@]21C. The Bertz CT molecular complexity index is 1140. The second-order valence-corrected chi connectivity index (χ2v) is 18.2. The number of terminal acetylenes is 1. The van der Waals surface area contributed by atoms with Gasteiger partial charge in [0.15, 0.2) is 0 Å². The molecule has 0 amide bonds. The number of hydrogen-bond donors (Lipinski definition) is 1. The normalized spacial score (nSPS) is 59.4. The zero-order chi connectivity index (χ0) is 28.4. The van der Waals surface area contributed by atoms with Gasteiger partial charge in [0.25, 0.3) is 0 Å². The van der Waals surface area contributed by atoms with Gasteiger partial charge in [-0.1, -0.05) is 58.1 Å². The third-order valence-corrected chi connectivity index (χ3v) is 17.8. The van der Waals surface area contributed by atoms with Crippen molar-refractivity contribution in [2.75, 3.05) is 0 Å². The largest absolute Gasteiger partial charge is 0.393 e. The van der Waals surface area contributed by atoms with Crippen LogP contribution in [0.15, 0.2) is 11.6 Å². The molecule has 0 saturated heterocycles. The van der Waals surface area contributed by atoms with Gasteiger partial charge in [-0.25, -0.2) is 0 Å². The van der Waals surface area contributed by atoms with Crippen molar-refractivity contribution >= 4 is 0 Å². The van der Waals surface area contributed by atoms with Crippen molar-refractivity contribution in [3.8, 4) is 12.3 Å². The molecule has 8 aliphatic carbocycles. The lowest BCUT2D eigenvalue weighted by Gasteiger charge is -2.67. The molecule has 14 atom stereocenters. The van der Waals surface area contributed by atoms with E-state index in [4.69, 9.17) is 6.42 Å². The van der Waals surface area contributed by atoms with E-state index in [0.717, 1.165) is 47.8 Å². The zero-order valence-corrected chi connectivity index (χ0v) is 27.0. The summed E-state index contributed by atoms with van der Waals surface area (Å²) in [5.41, 5.74) is 3.24. The third kappa shape index (κ3) is 3.31. The van der Waals surface area contributed by atoms with E-state index >= 15 is 0 Å². The van der Waals surface area contributed by atoms with E-state index in [1.165, 1.54) is 109 Å². The van der Waals surface area contributed by atoms with Crippen molar-refractivity contribution in [3.05, 3.63) is 11.6 Å². The fourth-order valence-electron chi connectivity index (χ4n) is 15.8. The fraction of sp³-hybridized carbons (Fsp3) is 0.900. The van der Waals surface area contributed by atoms with Gasteiger partial charge in [0.05, 0.1) is 6.10 Å². The molecule has 0 aromatic carbocycles. The Hall–Kier alpha value is -0.740. The van der Waals surface area contributed by atoms with Gasteiger partial charge in [-0.05, 0) is 172 Å². The molecule has 0 aromatic rings. The summed E-state index contributed by atoms with van der Waals surface area (Å²) in [6, 6.07) is 0. The summed E-state index contributed by atoms with van der Waals surface area (Å²) in [6.07, 6.45) is 34.1. The van der Waals surface area contributed by atoms with Crippen LogP contribution in [0.5, 0.6) is 0 Å². The Balaban J connectivity index is 1.16. The molecule has 8 rings (SSSR count). The molecule has 226 valence electrons. The number of fused-ring (bicyclic) bond motifs is 10. The van der Waals surface area contributed by atoms with E-state index in [2.05, 4.69) is 39.7 Å². The van der Waals surface area contributed by atoms with E-state index in [1.54, 1.807) is 0 Å². The number of aliphatic hydroxyl groups excluding tert-OH is 1. The van der Waals surface area contributed by atoms with Crippen molar-refractivity contribution in [1.82, 2.24) is 0 Å². The molecule has 0 aliphatic heterocycles. The van der Waals surface area contributed by atoms with Gasteiger partial charge in [0.1, 0.15) is 0 Å². The Morgan fingerprint density at radius 2 is 1.54 bits per heavy atom.